The fraction of sp³-hybridized carbons (Fsp3) is 1.00. The lowest BCUT2D eigenvalue weighted by atomic mass is 9.86. The highest BCUT2D eigenvalue weighted by molar-refractivity contribution is 4.81. The molecule has 2 aliphatic rings. The molecule has 1 aliphatic carbocycles. The lowest BCUT2D eigenvalue weighted by molar-refractivity contribution is -0.0784. The average Bonchev–Trinajstić information content (AvgIpc) is 2.37. The largest absolute Gasteiger partial charge is 0.390 e. The molecule has 2 rings (SSSR count). The maximum atomic E-state index is 10.4. The number of likely N-dealkylation sites (N-methyl/N-ethyl adjacent to an activating group) is 1. The van der Waals surface area contributed by atoms with Gasteiger partial charge in [-0.3, -0.25) is 4.90 Å². The highest BCUT2D eigenvalue weighted by Gasteiger charge is 2.26. The Labute approximate surface area is 130 Å². The molecule has 0 radical (unpaired) electrons. The van der Waals surface area contributed by atoms with Gasteiger partial charge in [0.25, 0.3) is 0 Å². The zero-order chi connectivity index (χ0) is 15.4. The van der Waals surface area contributed by atoms with Crippen LogP contribution in [0.15, 0.2) is 0 Å². The van der Waals surface area contributed by atoms with E-state index in [-0.39, 0.29) is 18.3 Å². The minimum atomic E-state index is -0.260. The summed E-state index contributed by atoms with van der Waals surface area (Å²) in [4.78, 5) is 4.73. The number of aliphatic hydroxyl groups is 1. The number of hydrogen-bond acceptors (Lipinski definition) is 4. The van der Waals surface area contributed by atoms with Gasteiger partial charge in [0.15, 0.2) is 0 Å². The van der Waals surface area contributed by atoms with E-state index in [0.29, 0.717) is 6.04 Å². The van der Waals surface area contributed by atoms with E-state index in [1.165, 1.54) is 25.7 Å². The van der Waals surface area contributed by atoms with E-state index in [0.717, 1.165) is 32.1 Å². The summed E-state index contributed by atoms with van der Waals surface area (Å²) in [7, 11) is 2.18. The molecule has 0 aromatic heterocycles. The zero-order valence-corrected chi connectivity index (χ0v) is 14.3. The molecule has 1 saturated carbocycles. The van der Waals surface area contributed by atoms with E-state index in [4.69, 9.17) is 4.74 Å². The summed E-state index contributed by atoms with van der Waals surface area (Å²) < 4.78 is 5.75. The van der Waals surface area contributed by atoms with Gasteiger partial charge >= 0.3 is 0 Å². The van der Waals surface area contributed by atoms with E-state index in [1.807, 2.05) is 0 Å². The molecule has 4 heteroatoms. The third-order valence-electron chi connectivity index (χ3n) is 4.99. The average molecular weight is 298 g/mol. The Morgan fingerprint density at radius 1 is 1.19 bits per heavy atom. The number of nitrogens with zero attached hydrogens (tertiary/aromatic N) is 2. The van der Waals surface area contributed by atoms with Gasteiger partial charge in [0.2, 0.25) is 0 Å². The third kappa shape index (κ3) is 5.51. The molecule has 21 heavy (non-hydrogen) atoms. The summed E-state index contributed by atoms with van der Waals surface area (Å²) in [6, 6.07) is 0.658. The van der Waals surface area contributed by atoms with Gasteiger partial charge < -0.3 is 14.7 Å². The first-order chi connectivity index (χ1) is 9.94. The van der Waals surface area contributed by atoms with Crippen molar-refractivity contribution in [3.8, 4) is 0 Å². The first-order valence-electron chi connectivity index (χ1n) is 8.70. The summed E-state index contributed by atoms with van der Waals surface area (Å²) in [5.74, 6) is 0.837. The number of ether oxygens (including phenoxy) is 1. The van der Waals surface area contributed by atoms with Crippen molar-refractivity contribution in [2.75, 3.05) is 33.2 Å². The molecule has 1 N–H and O–H groups in total. The maximum Gasteiger partial charge on any atom is 0.0793 e. The van der Waals surface area contributed by atoms with Crippen LogP contribution in [0.25, 0.3) is 0 Å². The van der Waals surface area contributed by atoms with Crippen molar-refractivity contribution in [1.29, 1.82) is 0 Å². The van der Waals surface area contributed by atoms with Crippen LogP contribution in [0.4, 0.5) is 0 Å². The molecule has 124 valence electrons. The smallest absolute Gasteiger partial charge is 0.0793 e. The summed E-state index contributed by atoms with van der Waals surface area (Å²) >= 11 is 0. The SMILES string of the molecule is CC1CCCC(N(C)CC(O)CN2CC(C)OC(C)C2)C1. The van der Waals surface area contributed by atoms with Gasteiger partial charge in [-0.2, -0.15) is 0 Å². The Balaban J connectivity index is 1.74. The summed E-state index contributed by atoms with van der Waals surface area (Å²) in [6.45, 7) is 10.0. The minimum absolute atomic E-state index is 0.260. The monoisotopic (exact) mass is 298 g/mol. The molecule has 1 aliphatic heterocycles. The normalized spacial score (nSPS) is 36.9. The predicted molar refractivity (Wildman–Crippen MR) is 86.5 cm³/mol. The fourth-order valence-corrected chi connectivity index (χ4v) is 4.07. The summed E-state index contributed by atoms with van der Waals surface area (Å²) in [5.41, 5.74) is 0. The van der Waals surface area contributed by atoms with E-state index in [2.05, 4.69) is 37.6 Å². The number of morpholine rings is 1. The summed E-state index contributed by atoms with van der Waals surface area (Å²) in [6.07, 6.45) is 5.58. The van der Waals surface area contributed by atoms with Crippen LogP contribution in [-0.2, 0) is 4.74 Å². The van der Waals surface area contributed by atoms with Crippen LogP contribution in [0.1, 0.15) is 46.5 Å². The molecule has 1 heterocycles. The van der Waals surface area contributed by atoms with Crippen molar-refractivity contribution in [3.63, 3.8) is 0 Å². The van der Waals surface area contributed by atoms with Crippen LogP contribution in [0, 0.1) is 5.92 Å². The first kappa shape index (κ1) is 17.2. The topological polar surface area (TPSA) is 35.9 Å². The van der Waals surface area contributed by atoms with Gasteiger partial charge in [0, 0.05) is 32.2 Å². The van der Waals surface area contributed by atoms with Crippen molar-refractivity contribution in [2.45, 2.75) is 70.8 Å². The van der Waals surface area contributed by atoms with Crippen LogP contribution in [0.2, 0.25) is 0 Å². The molecule has 0 bridgehead atoms. The van der Waals surface area contributed by atoms with Crippen molar-refractivity contribution in [2.24, 2.45) is 5.92 Å². The van der Waals surface area contributed by atoms with E-state index < -0.39 is 0 Å². The van der Waals surface area contributed by atoms with E-state index in [9.17, 15) is 5.11 Å². The van der Waals surface area contributed by atoms with Gasteiger partial charge in [-0.25, -0.2) is 0 Å². The fourth-order valence-electron chi connectivity index (χ4n) is 4.07. The lowest BCUT2D eigenvalue weighted by Crippen LogP contribution is -2.50. The molecule has 5 unspecified atom stereocenters. The first-order valence-corrected chi connectivity index (χ1v) is 8.70. The molecule has 1 saturated heterocycles. The quantitative estimate of drug-likeness (QED) is 0.842. The molecule has 0 spiro atoms. The second-order valence-corrected chi connectivity index (χ2v) is 7.49. The number of rotatable bonds is 5. The van der Waals surface area contributed by atoms with Gasteiger partial charge in [-0.05, 0) is 39.7 Å². The second-order valence-electron chi connectivity index (χ2n) is 7.49. The van der Waals surface area contributed by atoms with Crippen molar-refractivity contribution in [3.05, 3.63) is 0 Å². The van der Waals surface area contributed by atoms with Gasteiger partial charge in [0.1, 0.15) is 0 Å². The van der Waals surface area contributed by atoms with Gasteiger partial charge in [-0.15, -0.1) is 0 Å². The molecular weight excluding hydrogens is 264 g/mol. The highest BCUT2D eigenvalue weighted by Crippen LogP contribution is 2.26. The predicted octanol–water partition coefficient (Wildman–Crippen LogP) is 1.97. The van der Waals surface area contributed by atoms with Crippen molar-refractivity contribution >= 4 is 0 Å². The molecule has 2 fully saturated rings. The minimum Gasteiger partial charge on any atom is -0.390 e. The van der Waals surface area contributed by atoms with E-state index >= 15 is 0 Å². The van der Waals surface area contributed by atoms with E-state index in [1.54, 1.807) is 0 Å². The van der Waals surface area contributed by atoms with Crippen LogP contribution in [-0.4, -0.2) is 72.5 Å². The van der Waals surface area contributed by atoms with Gasteiger partial charge in [-0.1, -0.05) is 19.8 Å². The molecule has 0 aromatic carbocycles. The molecular formula is C17H34N2O2. The highest BCUT2D eigenvalue weighted by atomic mass is 16.5. The maximum absolute atomic E-state index is 10.4. The van der Waals surface area contributed by atoms with Crippen molar-refractivity contribution < 1.29 is 9.84 Å². The zero-order valence-electron chi connectivity index (χ0n) is 14.3. The molecule has 4 nitrogen and oxygen atoms in total. The Bertz CT molecular complexity index is 303. The number of β-amino-alcohol motifs (C(OH)–C–C–N with tert-alkyl or cyclic N) is 1. The Kier molecular flexibility index (Phi) is 6.48. The second kappa shape index (κ2) is 7.91. The molecule has 0 amide bonds. The van der Waals surface area contributed by atoms with Crippen LogP contribution in [0.5, 0.6) is 0 Å². The number of hydrogen-bond donors (Lipinski definition) is 1. The molecule has 5 atom stereocenters. The van der Waals surface area contributed by atoms with Crippen LogP contribution < -0.4 is 0 Å². The van der Waals surface area contributed by atoms with Gasteiger partial charge in [0.05, 0.1) is 18.3 Å². The van der Waals surface area contributed by atoms with Crippen LogP contribution in [0.3, 0.4) is 0 Å². The Morgan fingerprint density at radius 2 is 1.86 bits per heavy atom. The molecule has 0 aromatic rings. The lowest BCUT2D eigenvalue weighted by Gasteiger charge is -2.38. The van der Waals surface area contributed by atoms with Crippen molar-refractivity contribution in [1.82, 2.24) is 9.80 Å². The Morgan fingerprint density at radius 3 is 2.48 bits per heavy atom. The Hall–Kier alpha value is -0.160. The summed E-state index contributed by atoms with van der Waals surface area (Å²) in [5, 5.41) is 10.4. The third-order valence-corrected chi connectivity index (χ3v) is 4.99. The number of aliphatic hydroxyl groups excluding tert-OH is 1. The van der Waals surface area contributed by atoms with Crippen LogP contribution >= 0.6 is 0 Å². The standard InChI is InChI=1S/C17H34N2O2/c1-13-6-5-7-16(8-13)18(4)11-17(20)12-19-9-14(2)21-15(3)10-19/h13-17,20H,5-12H2,1-4H3.